The summed E-state index contributed by atoms with van der Waals surface area (Å²) in [7, 11) is 0. The van der Waals surface area contributed by atoms with Gasteiger partial charge in [-0.25, -0.2) is 4.98 Å². The summed E-state index contributed by atoms with van der Waals surface area (Å²) in [5.41, 5.74) is 1.15. The van der Waals surface area contributed by atoms with Gasteiger partial charge in [-0.05, 0) is 25.2 Å². The second kappa shape index (κ2) is 5.69. The lowest BCUT2D eigenvalue weighted by Gasteiger charge is -2.09. The van der Waals surface area contributed by atoms with Crippen LogP contribution in [0.4, 0.5) is 0 Å². The highest BCUT2D eigenvalue weighted by Crippen LogP contribution is 2.10. The average molecular weight is 208 g/mol. The van der Waals surface area contributed by atoms with Gasteiger partial charge in [0, 0.05) is 18.4 Å². The van der Waals surface area contributed by atoms with Crippen molar-refractivity contribution in [3.8, 4) is 0 Å². The van der Waals surface area contributed by atoms with E-state index in [1.54, 1.807) is 6.20 Å². The van der Waals surface area contributed by atoms with Gasteiger partial charge < -0.3 is 4.57 Å². The zero-order valence-corrected chi connectivity index (χ0v) is 9.86. The highest BCUT2D eigenvalue weighted by atomic mass is 16.1. The first-order chi connectivity index (χ1) is 7.19. The van der Waals surface area contributed by atoms with Crippen molar-refractivity contribution in [3.63, 3.8) is 0 Å². The normalized spacial score (nSPS) is 10.9. The summed E-state index contributed by atoms with van der Waals surface area (Å²) < 4.78 is 2.04. The first-order valence-corrected chi connectivity index (χ1v) is 5.68. The summed E-state index contributed by atoms with van der Waals surface area (Å²) in [4.78, 5) is 14.9. The largest absolute Gasteiger partial charge is 0.326 e. The van der Waals surface area contributed by atoms with Crippen molar-refractivity contribution in [2.75, 3.05) is 0 Å². The molecular formula is C12H20N2O. The number of carbonyl (C=O) groups excluding carboxylic acids is 1. The lowest BCUT2D eigenvalue weighted by molar-refractivity contribution is 0.111. The van der Waals surface area contributed by atoms with Crippen molar-refractivity contribution in [1.29, 1.82) is 0 Å². The summed E-state index contributed by atoms with van der Waals surface area (Å²) in [6.45, 7) is 7.44. The quantitative estimate of drug-likeness (QED) is 0.674. The molecule has 0 unspecified atom stereocenters. The van der Waals surface area contributed by atoms with E-state index in [1.165, 1.54) is 6.42 Å². The van der Waals surface area contributed by atoms with E-state index in [-0.39, 0.29) is 0 Å². The molecule has 3 heteroatoms. The number of hydrogen-bond acceptors (Lipinski definition) is 2. The van der Waals surface area contributed by atoms with E-state index in [0.717, 1.165) is 37.3 Å². The minimum Gasteiger partial charge on any atom is -0.326 e. The third-order valence-electron chi connectivity index (χ3n) is 2.60. The van der Waals surface area contributed by atoms with Crippen molar-refractivity contribution in [3.05, 3.63) is 17.7 Å². The van der Waals surface area contributed by atoms with Crippen LogP contribution in [0.5, 0.6) is 0 Å². The van der Waals surface area contributed by atoms with E-state index < -0.39 is 0 Å². The standard InChI is InChI=1S/C12H20N2O/c1-4-11-8-13-12(9-15)14(11)7-5-6-10(2)3/h8-10H,4-7H2,1-3H3. The number of carbonyl (C=O) groups is 1. The Morgan fingerprint density at radius 3 is 2.80 bits per heavy atom. The van der Waals surface area contributed by atoms with Crippen molar-refractivity contribution < 1.29 is 4.79 Å². The Morgan fingerprint density at radius 1 is 1.53 bits per heavy atom. The van der Waals surface area contributed by atoms with Gasteiger partial charge in [-0.3, -0.25) is 4.79 Å². The lowest BCUT2D eigenvalue weighted by atomic mass is 10.1. The van der Waals surface area contributed by atoms with E-state index in [1.807, 2.05) is 4.57 Å². The Labute approximate surface area is 91.5 Å². The van der Waals surface area contributed by atoms with Gasteiger partial charge in [0.15, 0.2) is 12.1 Å². The number of aldehydes is 1. The third kappa shape index (κ3) is 3.18. The second-order valence-electron chi connectivity index (χ2n) is 4.27. The van der Waals surface area contributed by atoms with Crippen molar-refractivity contribution >= 4 is 6.29 Å². The molecule has 0 aliphatic carbocycles. The highest BCUT2D eigenvalue weighted by molar-refractivity contribution is 5.69. The number of hydrogen-bond donors (Lipinski definition) is 0. The molecule has 1 aromatic rings. The summed E-state index contributed by atoms with van der Waals surface area (Å²) in [6.07, 6.45) is 5.89. The zero-order valence-electron chi connectivity index (χ0n) is 9.86. The second-order valence-corrected chi connectivity index (χ2v) is 4.27. The molecule has 0 aliphatic rings. The van der Waals surface area contributed by atoms with Crippen LogP contribution in [0.1, 0.15) is 49.9 Å². The Hall–Kier alpha value is -1.12. The highest BCUT2D eigenvalue weighted by Gasteiger charge is 2.07. The van der Waals surface area contributed by atoms with Crippen LogP contribution in [0, 0.1) is 5.92 Å². The van der Waals surface area contributed by atoms with Crippen molar-refractivity contribution in [2.45, 2.75) is 46.6 Å². The molecule has 0 fully saturated rings. The van der Waals surface area contributed by atoms with E-state index in [9.17, 15) is 4.79 Å². The number of imidazole rings is 1. The smallest absolute Gasteiger partial charge is 0.185 e. The Kier molecular flexibility index (Phi) is 4.53. The van der Waals surface area contributed by atoms with E-state index in [4.69, 9.17) is 0 Å². The molecule has 1 heterocycles. The molecule has 0 saturated carbocycles. The number of aromatic nitrogens is 2. The van der Waals surface area contributed by atoms with Gasteiger partial charge in [0.2, 0.25) is 0 Å². The minimum atomic E-state index is 0.565. The Balaban J connectivity index is 2.64. The van der Waals surface area contributed by atoms with E-state index in [0.29, 0.717) is 5.82 Å². The van der Waals surface area contributed by atoms with Crippen LogP contribution in [0.3, 0.4) is 0 Å². The monoisotopic (exact) mass is 208 g/mol. The molecule has 0 bridgehead atoms. The molecule has 0 saturated heterocycles. The summed E-state index contributed by atoms with van der Waals surface area (Å²) >= 11 is 0. The van der Waals surface area contributed by atoms with Gasteiger partial charge in [-0.1, -0.05) is 20.8 Å². The number of nitrogens with zero attached hydrogens (tertiary/aromatic N) is 2. The molecule has 0 aliphatic heterocycles. The fourth-order valence-corrected chi connectivity index (χ4v) is 1.72. The van der Waals surface area contributed by atoms with Gasteiger partial charge in [0.1, 0.15) is 0 Å². The maximum Gasteiger partial charge on any atom is 0.185 e. The molecule has 0 amide bonds. The van der Waals surface area contributed by atoms with Crippen LogP contribution in [0.25, 0.3) is 0 Å². The third-order valence-corrected chi connectivity index (χ3v) is 2.60. The number of aryl methyl sites for hydroxylation is 1. The summed E-state index contributed by atoms with van der Waals surface area (Å²) in [6, 6.07) is 0. The van der Waals surface area contributed by atoms with Crippen LogP contribution in [-0.4, -0.2) is 15.8 Å². The summed E-state index contributed by atoms with van der Waals surface area (Å²) in [5.74, 6) is 1.29. The molecule has 0 radical (unpaired) electrons. The fraction of sp³-hybridized carbons (Fsp3) is 0.667. The number of rotatable bonds is 6. The fourth-order valence-electron chi connectivity index (χ4n) is 1.72. The molecular weight excluding hydrogens is 188 g/mol. The molecule has 0 atom stereocenters. The summed E-state index contributed by atoms with van der Waals surface area (Å²) in [5, 5.41) is 0. The first kappa shape index (κ1) is 12.0. The van der Waals surface area contributed by atoms with Gasteiger partial charge in [-0.2, -0.15) is 0 Å². The molecule has 1 rings (SSSR count). The Morgan fingerprint density at radius 2 is 2.27 bits per heavy atom. The SMILES string of the molecule is CCc1cnc(C=O)n1CCCC(C)C. The molecule has 0 spiro atoms. The van der Waals surface area contributed by atoms with Crippen LogP contribution < -0.4 is 0 Å². The lowest BCUT2D eigenvalue weighted by Crippen LogP contribution is -2.07. The van der Waals surface area contributed by atoms with Crippen LogP contribution in [0.2, 0.25) is 0 Å². The predicted octanol–water partition coefficient (Wildman–Crippen LogP) is 2.69. The average Bonchev–Trinajstić information content (AvgIpc) is 2.59. The van der Waals surface area contributed by atoms with Crippen LogP contribution >= 0.6 is 0 Å². The molecule has 84 valence electrons. The first-order valence-electron chi connectivity index (χ1n) is 5.68. The van der Waals surface area contributed by atoms with Gasteiger partial charge in [0.25, 0.3) is 0 Å². The maximum absolute atomic E-state index is 10.8. The van der Waals surface area contributed by atoms with Crippen LogP contribution in [-0.2, 0) is 13.0 Å². The van der Waals surface area contributed by atoms with Crippen LogP contribution in [0.15, 0.2) is 6.20 Å². The molecule has 15 heavy (non-hydrogen) atoms. The van der Waals surface area contributed by atoms with Gasteiger partial charge in [-0.15, -0.1) is 0 Å². The molecule has 3 nitrogen and oxygen atoms in total. The Bertz CT molecular complexity index is 315. The van der Waals surface area contributed by atoms with E-state index in [2.05, 4.69) is 25.8 Å². The van der Waals surface area contributed by atoms with E-state index >= 15 is 0 Å². The predicted molar refractivity (Wildman–Crippen MR) is 61.1 cm³/mol. The van der Waals surface area contributed by atoms with Crippen molar-refractivity contribution in [2.24, 2.45) is 5.92 Å². The molecule has 0 N–H and O–H groups in total. The van der Waals surface area contributed by atoms with Crippen molar-refractivity contribution in [1.82, 2.24) is 9.55 Å². The van der Waals surface area contributed by atoms with Gasteiger partial charge >= 0.3 is 0 Å². The maximum atomic E-state index is 10.8. The molecule has 1 aromatic heterocycles. The minimum absolute atomic E-state index is 0.565. The molecule has 0 aromatic carbocycles. The van der Waals surface area contributed by atoms with Gasteiger partial charge in [0.05, 0.1) is 0 Å². The zero-order chi connectivity index (χ0) is 11.3. The topological polar surface area (TPSA) is 34.9 Å².